The van der Waals surface area contributed by atoms with Gasteiger partial charge in [0.1, 0.15) is 17.5 Å². The lowest BCUT2D eigenvalue weighted by molar-refractivity contribution is -0.134. The van der Waals surface area contributed by atoms with Gasteiger partial charge >= 0.3 is 0 Å². The third-order valence-electron chi connectivity index (χ3n) is 7.57. The number of hydrogen-bond acceptors (Lipinski definition) is 9. The molecule has 2 aromatic carbocycles. The molecule has 0 spiro atoms. The van der Waals surface area contributed by atoms with Crippen molar-refractivity contribution in [3.8, 4) is 5.75 Å². The molecule has 0 aliphatic carbocycles. The first-order valence-electron chi connectivity index (χ1n) is 13.8. The number of aliphatic hydroxyl groups excluding tert-OH is 1. The standard InChI is InChI=1S/C29H38N4O8S2/c1-18-7-10-25(11-8-18)43(38,39)32(6)16-27-19(2)15-33(20(3)17-34)28(35)14-23-13-24(9-12-26(23)40-27)31-42(36,37)29-21(4)30-41-22(29)5/h7-13,19-20,27,31,34H,14-17H2,1-6H3/t19-,20-,27-/m1/s1. The number of nitrogens with zero attached hydrogens (tertiary/aromatic N) is 3. The molecule has 4 rings (SSSR count). The summed E-state index contributed by atoms with van der Waals surface area (Å²) in [5, 5.41) is 13.6. The molecule has 1 amide bonds. The highest BCUT2D eigenvalue weighted by molar-refractivity contribution is 7.92. The Balaban J connectivity index is 1.69. The maximum Gasteiger partial charge on any atom is 0.267 e. The van der Waals surface area contributed by atoms with Crippen LogP contribution in [0.3, 0.4) is 0 Å². The number of carbonyl (C=O) groups excluding carboxylic acids is 1. The predicted octanol–water partition coefficient (Wildman–Crippen LogP) is 2.87. The van der Waals surface area contributed by atoms with E-state index < -0.39 is 32.2 Å². The smallest absolute Gasteiger partial charge is 0.267 e. The fraction of sp³-hybridized carbons (Fsp3) is 0.448. The van der Waals surface area contributed by atoms with E-state index in [2.05, 4.69) is 9.88 Å². The van der Waals surface area contributed by atoms with Crippen molar-refractivity contribution in [2.24, 2.45) is 5.92 Å². The Labute approximate surface area is 252 Å². The number of rotatable bonds is 9. The van der Waals surface area contributed by atoms with Crippen LogP contribution in [-0.4, -0.2) is 81.1 Å². The molecule has 0 fully saturated rings. The molecule has 43 heavy (non-hydrogen) atoms. The highest BCUT2D eigenvalue weighted by Crippen LogP contribution is 2.31. The molecule has 234 valence electrons. The van der Waals surface area contributed by atoms with Crippen LogP contribution in [0.1, 0.15) is 36.4 Å². The van der Waals surface area contributed by atoms with E-state index in [1.165, 1.54) is 37.3 Å². The molecule has 12 nitrogen and oxygen atoms in total. The van der Waals surface area contributed by atoms with Crippen LogP contribution in [0.5, 0.6) is 5.75 Å². The Kier molecular flexibility index (Phi) is 9.54. The molecule has 0 radical (unpaired) electrons. The van der Waals surface area contributed by atoms with E-state index >= 15 is 0 Å². The van der Waals surface area contributed by atoms with Gasteiger partial charge in [-0.2, -0.15) is 4.31 Å². The van der Waals surface area contributed by atoms with Crippen LogP contribution in [0.15, 0.2) is 56.8 Å². The zero-order valence-corrected chi connectivity index (χ0v) is 26.7. The van der Waals surface area contributed by atoms with Crippen LogP contribution in [0.4, 0.5) is 5.69 Å². The molecule has 1 aliphatic rings. The van der Waals surface area contributed by atoms with Crippen molar-refractivity contribution in [2.75, 3.05) is 31.5 Å². The lowest BCUT2D eigenvalue weighted by Crippen LogP contribution is -2.48. The molecule has 0 bridgehead atoms. The van der Waals surface area contributed by atoms with Gasteiger partial charge in [-0.15, -0.1) is 0 Å². The summed E-state index contributed by atoms with van der Waals surface area (Å²) in [6.07, 6.45) is -0.814. The van der Waals surface area contributed by atoms with Crippen molar-refractivity contribution < 1.29 is 36.0 Å². The molecule has 3 aromatic rings. The number of fused-ring (bicyclic) bond motifs is 1. The van der Waals surface area contributed by atoms with Crippen LogP contribution in [-0.2, 0) is 31.3 Å². The molecule has 0 saturated heterocycles. The minimum Gasteiger partial charge on any atom is -0.488 e. The van der Waals surface area contributed by atoms with Crippen molar-refractivity contribution in [1.82, 2.24) is 14.4 Å². The molecule has 0 saturated carbocycles. The lowest BCUT2D eigenvalue weighted by Gasteiger charge is -2.33. The molecule has 2 N–H and O–H groups in total. The summed E-state index contributed by atoms with van der Waals surface area (Å²) in [4.78, 5) is 15.1. The van der Waals surface area contributed by atoms with Gasteiger partial charge in [-0.05, 0) is 58.0 Å². The molecule has 2 heterocycles. The van der Waals surface area contributed by atoms with Gasteiger partial charge < -0.3 is 19.3 Å². The molecule has 14 heteroatoms. The minimum atomic E-state index is -4.05. The first-order chi connectivity index (χ1) is 20.1. The van der Waals surface area contributed by atoms with Gasteiger partial charge in [-0.25, -0.2) is 16.8 Å². The van der Waals surface area contributed by atoms with Gasteiger partial charge in [0.05, 0.1) is 30.5 Å². The average Bonchev–Trinajstić information content (AvgIpc) is 3.31. The number of carbonyl (C=O) groups is 1. The van der Waals surface area contributed by atoms with Crippen LogP contribution in [0.25, 0.3) is 0 Å². The summed E-state index contributed by atoms with van der Waals surface area (Å²) in [5.74, 6) is -0.158. The summed E-state index contributed by atoms with van der Waals surface area (Å²) in [6, 6.07) is 10.7. The largest absolute Gasteiger partial charge is 0.488 e. The van der Waals surface area contributed by atoms with Crippen molar-refractivity contribution in [2.45, 2.75) is 63.0 Å². The number of sulfonamides is 2. The topological polar surface area (TPSA) is 159 Å². The second-order valence-electron chi connectivity index (χ2n) is 11.1. The third kappa shape index (κ3) is 7.03. The number of anilines is 1. The van der Waals surface area contributed by atoms with Gasteiger partial charge in [-0.3, -0.25) is 9.52 Å². The second-order valence-corrected chi connectivity index (χ2v) is 14.7. The molecule has 0 unspecified atom stereocenters. The van der Waals surface area contributed by atoms with Gasteiger partial charge in [0.25, 0.3) is 10.0 Å². The molecule has 3 atom stereocenters. The average molecular weight is 635 g/mol. The summed E-state index contributed by atoms with van der Waals surface area (Å²) >= 11 is 0. The van der Waals surface area contributed by atoms with Gasteiger partial charge in [0.15, 0.2) is 10.7 Å². The van der Waals surface area contributed by atoms with Crippen LogP contribution < -0.4 is 9.46 Å². The Morgan fingerprint density at radius 1 is 1.12 bits per heavy atom. The van der Waals surface area contributed by atoms with Crippen molar-refractivity contribution in [3.63, 3.8) is 0 Å². The second kappa shape index (κ2) is 12.6. The first kappa shape index (κ1) is 32.5. The summed E-state index contributed by atoms with van der Waals surface area (Å²) in [6.45, 7) is 8.40. The highest BCUT2D eigenvalue weighted by Gasteiger charge is 2.34. The maximum absolute atomic E-state index is 13.5. The molecule has 1 aromatic heterocycles. The number of aryl methyl sites for hydroxylation is 3. The number of hydrogen-bond donors (Lipinski definition) is 2. The number of nitrogens with one attached hydrogen (secondary N) is 1. The van der Waals surface area contributed by atoms with Gasteiger partial charge in [0, 0.05) is 30.8 Å². The van der Waals surface area contributed by atoms with E-state index in [4.69, 9.17) is 9.26 Å². The number of aliphatic hydroxyl groups is 1. The molecular weight excluding hydrogens is 596 g/mol. The van der Waals surface area contributed by atoms with Crippen LogP contribution in [0, 0.1) is 26.7 Å². The van der Waals surface area contributed by atoms with Crippen LogP contribution >= 0.6 is 0 Å². The summed E-state index contributed by atoms with van der Waals surface area (Å²) in [5.41, 5.74) is 1.74. The zero-order valence-electron chi connectivity index (χ0n) is 25.1. The number of amides is 1. The van der Waals surface area contributed by atoms with Crippen molar-refractivity contribution in [1.29, 1.82) is 0 Å². The minimum absolute atomic E-state index is 0.0211. The van der Waals surface area contributed by atoms with E-state index in [0.29, 0.717) is 11.3 Å². The zero-order chi connectivity index (χ0) is 31.7. The number of ether oxygens (including phenoxy) is 1. The molecular formula is C29H38N4O8S2. The number of aromatic nitrogens is 1. The van der Waals surface area contributed by atoms with E-state index in [1.807, 2.05) is 13.8 Å². The van der Waals surface area contributed by atoms with E-state index in [1.54, 1.807) is 42.2 Å². The van der Waals surface area contributed by atoms with Crippen molar-refractivity contribution in [3.05, 3.63) is 65.0 Å². The number of likely N-dealkylation sites (N-methyl/N-ethyl adjacent to an activating group) is 1. The monoisotopic (exact) mass is 634 g/mol. The van der Waals surface area contributed by atoms with E-state index in [0.717, 1.165) is 5.56 Å². The quantitative estimate of drug-likeness (QED) is 0.361. The van der Waals surface area contributed by atoms with E-state index in [-0.39, 0.29) is 64.9 Å². The third-order valence-corrected chi connectivity index (χ3v) is 11.0. The van der Waals surface area contributed by atoms with Crippen molar-refractivity contribution >= 4 is 31.6 Å². The first-order valence-corrected chi connectivity index (χ1v) is 16.7. The predicted molar refractivity (Wildman–Crippen MR) is 160 cm³/mol. The Hall–Kier alpha value is -3.46. The normalized spacial score (nSPS) is 18.8. The number of benzene rings is 2. The lowest BCUT2D eigenvalue weighted by atomic mass is 10.0. The Morgan fingerprint density at radius 3 is 2.40 bits per heavy atom. The van der Waals surface area contributed by atoms with Gasteiger partial charge in [0.2, 0.25) is 15.9 Å². The summed E-state index contributed by atoms with van der Waals surface area (Å²) < 4.78 is 68.2. The maximum atomic E-state index is 13.5. The fourth-order valence-corrected chi connectivity index (χ4v) is 7.58. The Morgan fingerprint density at radius 2 is 1.79 bits per heavy atom. The highest BCUT2D eigenvalue weighted by atomic mass is 32.2. The van der Waals surface area contributed by atoms with E-state index in [9.17, 15) is 26.7 Å². The Bertz CT molecular complexity index is 1670. The SMILES string of the molecule is Cc1ccc(S(=O)(=O)N(C)C[C@H]2Oc3ccc(NS(=O)(=O)c4c(C)noc4C)cc3CC(=O)N([C@H](C)CO)C[C@H]2C)cc1. The van der Waals surface area contributed by atoms with Gasteiger partial charge in [-0.1, -0.05) is 29.8 Å². The summed E-state index contributed by atoms with van der Waals surface area (Å²) in [7, 11) is -6.42. The molecule has 1 aliphatic heterocycles. The van der Waals surface area contributed by atoms with Crippen LogP contribution in [0.2, 0.25) is 0 Å². The fourth-order valence-electron chi connectivity index (χ4n) is 5.02.